The second-order valence-corrected chi connectivity index (χ2v) is 8.13. The fourth-order valence-corrected chi connectivity index (χ4v) is 4.89. The Morgan fingerprint density at radius 3 is 2.90 bits per heavy atom. The van der Waals surface area contributed by atoms with E-state index in [-0.39, 0.29) is 6.04 Å². The summed E-state index contributed by atoms with van der Waals surface area (Å²) >= 11 is 6.20. The van der Waals surface area contributed by atoms with E-state index < -0.39 is 0 Å². The molecule has 0 spiro atoms. The summed E-state index contributed by atoms with van der Waals surface area (Å²) in [5, 5.41) is 21.9. The van der Waals surface area contributed by atoms with Gasteiger partial charge in [-0.3, -0.25) is 4.90 Å². The summed E-state index contributed by atoms with van der Waals surface area (Å²) in [5.74, 6) is 0.683. The molecular formula is C21H21ClN8. The Morgan fingerprint density at radius 2 is 2.03 bits per heavy atom. The highest BCUT2D eigenvalue weighted by Gasteiger charge is 2.38. The van der Waals surface area contributed by atoms with E-state index in [9.17, 15) is 5.26 Å². The van der Waals surface area contributed by atoms with Gasteiger partial charge >= 0.3 is 0 Å². The van der Waals surface area contributed by atoms with Crippen LogP contribution in [0.4, 0.5) is 5.82 Å². The largest absolute Gasteiger partial charge is 0.351 e. The molecule has 2 atom stereocenters. The highest BCUT2D eigenvalue weighted by Crippen LogP contribution is 2.39. The van der Waals surface area contributed by atoms with Gasteiger partial charge in [-0.25, -0.2) is 9.97 Å². The van der Waals surface area contributed by atoms with Crippen molar-refractivity contribution in [3.05, 3.63) is 53.1 Å². The molecule has 4 heterocycles. The zero-order valence-electron chi connectivity index (χ0n) is 16.4. The first-order valence-corrected chi connectivity index (χ1v) is 10.5. The molecule has 3 aromatic rings. The summed E-state index contributed by atoms with van der Waals surface area (Å²) in [6.07, 6.45) is 6.49. The number of benzene rings is 1. The first-order chi connectivity index (χ1) is 14.7. The number of hydrogen-bond acceptors (Lipinski definition) is 7. The molecule has 8 nitrogen and oxygen atoms in total. The van der Waals surface area contributed by atoms with Crippen LogP contribution in [0.2, 0.25) is 5.02 Å². The van der Waals surface area contributed by atoms with Gasteiger partial charge in [-0.15, -0.1) is 0 Å². The number of nitrogens with one attached hydrogen (secondary N) is 1. The van der Waals surface area contributed by atoms with Crippen LogP contribution in [0.15, 0.2) is 36.7 Å². The molecule has 0 saturated carbocycles. The first kappa shape index (κ1) is 19.0. The molecule has 2 aliphatic rings. The molecule has 5 rings (SSSR count). The van der Waals surface area contributed by atoms with Crippen molar-refractivity contribution in [2.45, 2.75) is 31.3 Å². The lowest BCUT2D eigenvalue weighted by Crippen LogP contribution is -2.56. The minimum absolute atomic E-state index is 0.205. The molecule has 2 aromatic heterocycles. The number of piperazine rings is 1. The predicted octanol–water partition coefficient (Wildman–Crippen LogP) is 3.20. The molecule has 1 N–H and O–H groups in total. The lowest BCUT2D eigenvalue weighted by molar-refractivity contribution is 0.0693. The lowest BCUT2D eigenvalue weighted by Gasteiger charge is -2.48. The van der Waals surface area contributed by atoms with Crippen molar-refractivity contribution >= 4 is 17.4 Å². The van der Waals surface area contributed by atoms with E-state index in [2.05, 4.69) is 41.2 Å². The van der Waals surface area contributed by atoms with Gasteiger partial charge < -0.3 is 4.90 Å². The standard InChI is InChI=1S/C21H21ClN8/c22-15-4-1-3-14(11-15)19-20(27-28-26-19)18-6-2-5-16-13-29(9-10-30(16)18)21-17(12-23)24-7-8-25-21/h1,3-4,7-8,11,16,18H,2,5-6,9-10,13H2,(H,26,27,28)/t16-,18+/m0/s1. The predicted molar refractivity (Wildman–Crippen MR) is 113 cm³/mol. The van der Waals surface area contributed by atoms with Crippen LogP contribution < -0.4 is 4.90 Å². The van der Waals surface area contributed by atoms with Crippen molar-refractivity contribution in [1.29, 1.82) is 5.26 Å². The number of aromatic amines is 1. The van der Waals surface area contributed by atoms with Gasteiger partial charge in [-0.2, -0.15) is 20.7 Å². The van der Waals surface area contributed by atoms with Crippen LogP contribution in [0.5, 0.6) is 0 Å². The maximum atomic E-state index is 9.39. The summed E-state index contributed by atoms with van der Waals surface area (Å²) in [6.45, 7) is 2.50. The van der Waals surface area contributed by atoms with E-state index >= 15 is 0 Å². The van der Waals surface area contributed by atoms with Crippen molar-refractivity contribution in [2.75, 3.05) is 24.5 Å². The zero-order valence-corrected chi connectivity index (χ0v) is 17.1. The van der Waals surface area contributed by atoms with Crippen LogP contribution in [0.3, 0.4) is 0 Å². The molecule has 2 fully saturated rings. The molecule has 152 valence electrons. The zero-order chi connectivity index (χ0) is 20.5. The quantitative estimate of drug-likeness (QED) is 0.694. The second-order valence-electron chi connectivity index (χ2n) is 7.69. The fourth-order valence-electron chi connectivity index (χ4n) is 4.70. The number of piperidine rings is 1. The summed E-state index contributed by atoms with van der Waals surface area (Å²) < 4.78 is 0. The third kappa shape index (κ3) is 3.40. The topological polar surface area (TPSA) is 97.6 Å². The minimum Gasteiger partial charge on any atom is -0.351 e. The molecule has 0 unspecified atom stereocenters. The van der Waals surface area contributed by atoms with Crippen molar-refractivity contribution in [1.82, 2.24) is 30.3 Å². The van der Waals surface area contributed by atoms with Crippen LogP contribution in [0.25, 0.3) is 11.3 Å². The Balaban J connectivity index is 1.41. The molecule has 2 saturated heterocycles. The number of rotatable bonds is 3. The van der Waals surface area contributed by atoms with Crippen molar-refractivity contribution in [3.8, 4) is 17.3 Å². The molecule has 0 amide bonds. The van der Waals surface area contributed by atoms with E-state index in [0.29, 0.717) is 22.6 Å². The van der Waals surface area contributed by atoms with Gasteiger partial charge in [0.2, 0.25) is 0 Å². The molecule has 0 aliphatic carbocycles. The first-order valence-electron chi connectivity index (χ1n) is 10.1. The van der Waals surface area contributed by atoms with E-state index in [0.717, 1.165) is 55.8 Å². The van der Waals surface area contributed by atoms with Crippen molar-refractivity contribution in [2.24, 2.45) is 0 Å². The molecular weight excluding hydrogens is 400 g/mol. The second kappa shape index (κ2) is 8.01. The lowest BCUT2D eigenvalue weighted by atomic mass is 9.90. The van der Waals surface area contributed by atoms with Crippen LogP contribution in [-0.4, -0.2) is 56.0 Å². The number of hydrogen-bond donors (Lipinski definition) is 1. The van der Waals surface area contributed by atoms with Crippen LogP contribution in [0, 0.1) is 11.3 Å². The molecule has 30 heavy (non-hydrogen) atoms. The summed E-state index contributed by atoms with van der Waals surface area (Å²) in [4.78, 5) is 13.3. The van der Waals surface area contributed by atoms with Gasteiger partial charge in [-0.1, -0.05) is 23.7 Å². The Morgan fingerprint density at radius 1 is 1.13 bits per heavy atom. The number of nitrogens with zero attached hydrogens (tertiary/aromatic N) is 7. The average molecular weight is 421 g/mol. The highest BCUT2D eigenvalue weighted by atomic mass is 35.5. The highest BCUT2D eigenvalue weighted by molar-refractivity contribution is 6.30. The number of anilines is 1. The Labute approximate surface area is 179 Å². The third-order valence-corrected chi connectivity index (χ3v) is 6.25. The minimum atomic E-state index is 0.205. The number of fused-ring (bicyclic) bond motifs is 1. The molecule has 0 radical (unpaired) electrons. The smallest absolute Gasteiger partial charge is 0.183 e. The van der Waals surface area contributed by atoms with Crippen molar-refractivity contribution in [3.63, 3.8) is 0 Å². The summed E-state index contributed by atoms with van der Waals surface area (Å²) in [6, 6.07) is 10.5. The Bertz CT molecular complexity index is 1090. The molecule has 0 bridgehead atoms. The Kier molecular flexibility index (Phi) is 5.07. The molecule has 1 aromatic carbocycles. The molecule has 9 heteroatoms. The average Bonchev–Trinajstić information content (AvgIpc) is 3.28. The maximum absolute atomic E-state index is 9.39. The van der Waals surface area contributed by atoms with E-state index in [1.807, 2.05) is 24.3 Å². The SMILES string of the molecule is N#Cc1nccnc1N1CCN2[C@@H](CCC[C@@H]2c2n[nH]nc2-c2cccc(Cl)c2)C1. The number of nitriles is 1. The van der Waals surface area contributed by atoms with Gasteiger partial charge in [0.05, 0.1) is 6.04 Å². The van der Waals surface area contributed by atoms with Gasteiger partial charge in [0.15, 0.2) is 11.5 Å². The van der Waals surface area contributed by atoms with Crippen molar-refractivity contribution < 1.29 is 0 Å². The van der Waals surface area contributed by atoms with E-state index in [4.69, 9.17) is 11.6 Å². The number of H-pyrrole nitrogens is 1. The molecule has 2 aliphatic heterocycles. The van der Waals surface area contributed by atoms with E-state index in [1.165, 1.54) is 0 Å². The van der Waals surface area contributed by atoms with E-state index in [1.54, 1.807) is 12.4 Å². The van der Waals surface area contributed by atoms with Crippen LogP contribution in [0.1, 0.15) is 36.7 Å². The van der Waals surface area contributed by atoms with Gasteiger partial charge in [0.25, 0.3) is 0 Å². The third-order valence-electron chi connectivity index (χ3n) is 6.02. The van der Waals surface area contributed by atoms with Gasteiger partial charge in [0, 0.05) is 48.7 Å². The van der Waals surface area contributed by atoms with Gasteiger partial charge in [-0.05, 0) is 31.4 Å². The fraction of sp³-hybridized carbons (Fsp3) is 0.381. The normalized spacial score (nSPS) is 21.8. The summed E-state index contributed by atoms with van der Waals surface area (Å²) in [5.41, 5.74) is 3.21. The Hall–Kier alpha value is -3.02. The monoisotopic (exact) mass is 420 g/mol. The van der Waals surface area contributed by atoms with Gasteiger partial charge in [0.1, 0.15) is 17.5 Å². The summed E-state index contributed by atoms with van der Waals surface area (Å²) in [7, 11) is 0. The van der Waals surface area contributed by atoms with Crippen LogP contribution >= 0.6 is 11.6 Å². The van der Waals surface area contributed by atoms with Crippen LogP contribution in [-0.2, 0) is 0 Å². The number of halogens is 1. The maximum Gasteiger partial charge on any atom is 0.183 e. The number of aromatic nitrogens is 5.